The largest absolute Gasteiger partial charge is 0.341 e. The van der Waals surface area contributed by atoms with Crippen molar-refractivity contribution in [2.24, 2.45) is 0 Å². The topological polar surface area (TPSA) is 52.5 Å². The molecule has 18 heavy (non-hydrogen) atoms. The van der Waals surface area contributed by atoms with E-state index in [1.54, 1.807) is 0 Å². The zero-order valence-electron chi connectivity index (χ0n) is 10.7. The average molecular weight is 239 g/mol. The summed E-state index contributed by atoms with van der Waals surface area (Å²) in [7, 11) is 0. The molecule has 3 nitrogen and oxygen atoms in total. The van der Waals surface area contributed by atoms with Gasteiger partial charge in [0.05, 0.1) is 22.7 Å². The maximum absolute atomic E-state index is 8.92. The molecule has 1 aliphatic carbocycles. The van der Waals surface area contributed by atoms with Crippen molar-refractivity contribution in [3.63, 3.8) is 0 Å². The lowest BCUT2D eigenvalue weighted by Gasteiger charge is -2.31. The fraction of sp³-hybridized carbons (Fsp3) is 0.467. The molecule has 1 N–H and O–H groups in total. The summed E-state index contributed by atoms with van der Waals surface area (Å²) in [5.41, 5.74) is 2.82. The van der Waals surface area contributed by atoms with E-state index < -0.39 is 0 Å². The lowest BCUT2D eigenvalue weighted by atomic mass is 9.75. The molecule has 0 amide bonds. The smallest absolute Gasteiger partial charge is 0.113 e. The number of nitriles is 1. The number of aromatic nitrogens is 2. The first-order valence-electron chi connectivity index (χ1n) is 6.62. The summed E-state index contributed by atoms with van der Waals surface area (Å²) in [5.74, 6) is 1.09. The molecule has 3 heteroatoms. The minimum atomic E-state index is 0.185. The number of hydrogen-bond acceptors (Lipinski definition) is 2. The van der Waals surface area contributed by atoms with Crippen LogP contribution >= 0.6 is 0 Å². The van der Waals surface area contributed by atoms with Crippen LogP contribution in [0.2, 0.25) is 0 Å². The number of nitrogens with one attached hydrogen (secondary N) is 1. The Labute approximate surface area is 107 Å². The Hall–Kier alpha value is -1.82. The van der Waals surface area contributed by atoms with Crippen molar-refractivity contribution in [2.75, 3.05) is 0 Å². The number of aromatic amines is 1. The molecule has 1 aromatic carbocycles. The molecule has 1 aliphatic rings. The normalized spacial score (nSPS) is 18.7. The van der Waals surface area contributed by atoms with Gasteiger partial charge in [0.15, 0.2) is 0 Å². The number of imidazole rings is 1. The minimum Gasteiger partial charge on any atom is -0.341 e. The second-order valence-corrected chi connectivity index (χ2v) is 5.55. The first-order chi connectivity index (χ1) is 8.71. The average Bonchev–Trinajstić information content (AvgIpc) is 2.83. The molecule has 0 bridgehead atoms. The van der Waals surface area contributed by atoms with E-state index in [0.29, 0.717) is 5.56 Å². The van der Waals surface area contributed by atoms with Gasteiger partial charge in [-0.15, -0.1) is 0 Å². The van der Waals surface area contributed by atoms with Crippen LogP contribution < -0.4 is 0 Å². The van der Waals surface area contributed by atoms with Crippen molar-refractivity contribution < 1.29 is 0 Å². The SMILES string of the molecule is CC1(c2nc3ccc(C#N)cc3[nH]2)CCCCC1. The van der Waals surface area contributed by atoms with E-state index in [4.69, 9.17) is 10.2 Å². The Morgan fingerprint density at radius 3 is 2.78 bits per heavy atom. The Morgan fingerprint density at radius 1 is 1.28 bits per heavy atom. The fourth-order valence-electron chi connectivity index (χ4n) is 2.93. The number of rotatable bonds is 1. The van der Waals surface area contributed by atoms with Crippen LogP contribution in [0.25, 0.3) is 11.0 Å². The molecule has 1 fully saturated rings. The molecule has 2 aromatic rings. The van der Waals surface area contributed by atoms with E-state index in [2.05, 4.69) is 18.0 Å². The van der Waals surface area contributed by atoms with E-state index in [-0.39, 0.29) is 5.41 Å². The van der Waals surface area contributed by atoms with Gasteiger partial charge in [-0.3, -0.25) is 0 Å². The summed E-state index contributed by atoms with van der Waals surface area (Å²) in [5, 5.41) is 8.92. The van der Waals surface area contributed by atoms with Gasteiger partial charge in [-0.25, -0.2) is 4.98 Å². The highest BCUT2D eigenvalue weighted by atomic mass is 14.9. The summed E-state index contributed by atoms with van der Waals surface area (Å²) in [4.78, 5) is 8.14. The van der Waals surface area contributed by atoms with E-state index in [1.807, 2.05) is 18.2 Å². The minimum absolute atomic E-state index is 0.185. The predicted octanol–water partition coefficient (Wildman–Crippen LogP) is 3.66. The number of fused-ring (bicyclic) bond motifs is 1. The highest BCUT2D eigenvalue weighted by molar-refractivity contribution is 5.77. The summed E-state index contributed by atoms with van der Waals surface area (Å²) in [6.45, 7) is 2.30. The monoisotopic (exact) mass is 239 g/mol. The predicted molar refractivity (Wildman–Crippen MR) is 71.2 cm³/mol. The van der Waals surface area contributed by atoms with Crippen LogP contribution in [0.15, 0.2) is 18.2 Å². The molecule has 1 saturated carbocycles. The zero-order valence-corrected chi connectivity index (χ0v) is 10.7. The van der Waals surface area contributed by atoms with E-state index in [9.17, 15) is 0 Å². The standard InChI is InChI=1S/C15H17N3/c1-15(7-3-2-4-8-15)14-17-12-6-5-11(10-16)9-13(12)18-14/h5-6,9H,2-4,7-8H2,1H3,(H,17,18). The first kappa shape index (κ1) is 11.3. The van der Waals surface area contributed by atoms with E-state index >= 15 is 0 Å². The molecule has 3 rings (SSSR count). The fourth-order valence-corrected chi connectivity index (χ4v) is 2.93. The quantitative estimate of drug-likeness (QED) is 0.825. The van der Waals surface area contributed by atoms with Gasteiger partial charge >= 0.3 is 0 Å². The van der Waals surface area contributed by atoms with Gasteiger partial charge in [-0.2, -0.15) is 5.26 Å². The second-order valence-electron chi connectivity index (χ2n) is 5.55. The Kier molecular flexibility index (Phi) is 2.59. The molecular weight excluding hydrogens is 222 g/mol. The number of nitrogens with zero attached hydrogens (tertiary/aromatic N) is 2. The maximum Gasteiger partial charge on any atom is 0.113 e. The van der Waals surface area contributed by atoms with Gasteiger partial charge in [0, 0.05) is 5.41 Å². The van der Waals surface area contributed by atoms with Crippen LogP contribution in [0, 0.1) is 11.3 Å². The lowest BCUT2D eigenvalue weighted by molar-refractivity contribution is 0.306. The Bertz CT molecular complexity index is 612. The summed E-state index contributed by atoms with van der Waals surface area (Å²) < 4.78 is 0. The van der Waals surface area contributed by atoms with Gasteiger partial charge in [-0.1, -0.05) is 26.2 Å². The third kappa shape index (κ3) is 1.78. The Balaban J connectivity index is 2.05. The zero-order chi connectivity index (χ0) is 12.6. The van der Waals surface area contributed by atoms with Crippen molar-refractivity contribution in [2.45, 2.75) is 44.4 Å². The molecule has 0 spiro atoms. The van der Waals surface area contributed by atoms with Crippen molar-refractivity contribution in [1.29, 1.82) is 5.26 Å². The van der Waals surface area contributed by atoms with Crippen molar-refractivity contribution in [3.8, 4) is 6.07 Å². The van der Waals surface area contributed by atoms with Crippen molar-refractivity contribution >= 4 is 11.0 Å². The van der Waals surface area contributed by atoms with Gasteiger partial charge in [-0.05, 0) is 31.0 Å². The van der Waals surface area contributed by atoms with Crippen LogP contribution in [-0.4, -0.2) is 9.97 Å². The van der Waals surface area contributed by atoms with Gasteiger partial charge < -0.3 is 4.98 Å². The second kappa shape index (κ2) is 4.13. The molecule has 0 radical (unpaired) electrons. The van der Waals surface area contributed by atoms with Crippen LogP contribution in [0.1, 0.15) is 50.4 Å². The molecule has 0 aliphatic heterocycles. The van der Waals surface area contributed by atoms with Crippen molar-refractivity contribution in [1.82, 2.24) is 9.97 Å². The molecule has 92 valence electrons. The molecule has 0 atom stereocenters. The third-order valence-electron chi connectivity index (χ3n) is 4.14. The van der Waals surface area contributed by atoms with Crippen LogP contribution in [0.5, 0.6) is 0 Å². The number of H-pyrrole nitrogens is 1. The van der Waals surface area contributed by atoms with Crippen molar-refractivity contribution in [3.05, 3.63) is 29.6 Å². The van der Waals surface area contributed by atoms with E-state index in [0.717, 1.165) is 16.9 Å². The van der Waals surface area contributed by atoms with Crippen LogP contribution in [0.3, 0.4) is 0 Å². The highest BCUT2D eigenvalue weighted by Gasteiger charge is 2.31. The molecule has 0 saturated heterocycles. The molecule has 0 unspecified atom stereocenters. The molecule has 1 heterocycles. The summed E-state index contributed by atoms with van der Waals surface area (Å²) in [6.07, 6.45) is 6.33. The third-order valence-corrected chi connectivity index (χ3v) is 4.14. The number of hydrogen-bond donors (Lipinski definition) is 1. The van der Waals surface area contributed by atoms with Gasteiger partial charge in [0.1, 0.15) is 5.82 Å². The van der Waals surface area contributed by atoms with Gasteiger partial charge in [0.25, 0.3) is 0 Å². The highest BCUT2D eigenvalue weighted by Crippen LogP contribution is 2.38. The Morgan fingerprint density at radius 2 is 2.06 bits per heavy atom. The molecular formula is C15H17N3. The summed E-state index contributed by atoms with van der Waals surface area (Å²) in [6, 6.07) is 7.82. The van der Waals surface area contributed by atoms with E-state index in [1.165, 1.54) is 32.1 Å². The van der Waals surface area contributed by atoms with Crippen LogP contribution in [0.4, 0.5) is 0 Å². The summed E-state index contributed by atoms with van der Waals surface area (Å²) >= 11 is 0. The maximum atomic E-state index is 8.92. The lowest BCUT2D eigenvalue weighted by Crippen LogP contribution is -2.26. The van der Waals surface area contributed by atoms with Crippen LogP contribution in [-0.2, 0) is 5.41 Å². The first-order valence-corrected chi connectivity index (χ1v) is 6.62. The molecule has 1 aromatic heterocycles. The van der Waals surface area contributed by atoms with Gasteiger partial charge in [0.2, 0.25) is 0 Å². The number of benzene rings is 1.